The van der Waals surface area contributed by atoms with E-state index < -0.39 is 0 Å². The lowest BCUT2D eigenvalue weighted by Crippen LogP contribution is -2.48. The lowest BCUT2D eigenvalue weighted by molar-refractivity contribution is 0.162. The van der Waals surface area contributed by atoms with Crippen molar-refractivity contribution in [1.82, 2.24) is 5.32 Å². The minimum absolute atomic E-state index is 0.169. The molecule has 1 aliphatic rings. The van der Waals surface area contributed by atoms with Crippen molar-refractivity contribution in [3.63, 3.8) is 0 Å². The predicted octanol–water partition coefficient (Wildman–Crippen LogP) is 2.36. The molecule has 14 heavy (non-hydrogen) atoms. The van der Waals surface area contributed by atoms with Gasteiger partial charge in [0.15, 0.2) is 0 Å². The number of halogens is 1. The van der Waals surface area contributed by atoms with E-state index in [0.29, 0.717) is 15.8 Å². The van der Waals surface area contributed by atoms with Crippen LogP contribution < -0.4 is 5.32 Å². The molecule has 1 rings (SSSR count). The minimum atomic E-state index is -0.342. The molecular formula is C10H16INO2. The van der Waals surface area contributed by atoms with E-state index in [1.165, 1.54) is 7.11 Å². The third-order valence-electron chi connectivity index (χ3n) is 2.60. The third kappa shape index (κ3) is 2.62. The summed E-state index contributed by atoms with van der Waals surface area (Å²) in [6.07, 6.45) is 4.02. The fourth-order valence-electron chi connectivity index (χ4n) is 1.60. The van der Waals surface area contributed by atoms with Crippen molar-refractivity contribution in [2.75, 3.05) is 7.11 Å². The molecule has 0 spiro atoms. The van der Waals surface area contributed by atoms with Crippen LogP contribution in [-0.4, -0.2) is 23.2 Å². The first kappa shape index (κ1) is 11.8. The van der Waals surface area contributed by atoms with Crippen molar-refractivity contribution in [2.45, 2.75) is 23.8 Å². The summed E-state index contributed by atoms with van der Waals surface area (Å²) in [7, 11) is 1.39. The summed E-state index contributed by atoms with van der Waals surface area (Å²) in [4.78, 5) is 11.1. The Morgan fingerprint density at radius 1 is 1.36 bits per heavy atom. The van der Waals surface area contributed by atoms with Gasteiger partial charge in [-0.1, -0.05) is 48.6 Å². The van der Waals surface area contributed by atoms with Crippen LogP contribution in [0, 0.1) is 11.8 Å². The summed E-state index contributed by atoms with van der Waals surface area (Å²) in [6, 6.07) is 0.169. The molecule has 0 aromatic rings. The fourth-order valence-corrected chi connectivity index (χ4v) is 2.67. The van der Waals surface area contributed by atoms with Gasteiger partial charge < -0.3 is 10.1 Å². The average Bonchev–Trinajstić information content (AvgIpc) is 2.18. The molecule has 0 aromatic carbocycles. The van der Waals surface area contributed by atoms with Gasteiger partial charge in [0, 0.05) is 3.92 Å². The Kier molecular flexibility index (Phi) is 4.22. The maximum absolute atomic E-state index is 11.1. The molecule has 0 fully saturated rings. The van der Waals surface area contributed by atoms with E-state index in [4.69, 9.17) is 0 Å². The second-order valence-corrected chi connectivity index (χ2v) is 5.15. The van der Waals surface area contributed by atoms with Crippen LogP contribution in [0.5, 0.6) is 0 Å². The topological polar surface area (TPSA) is 38.3 Å². The van der Waals surface area contributed by atoms with E-state index in [1.807, 2.05) is 0 Å². The van der Waals surface area contributed by atoms with Crippen molar-refractivity contribution in [1.29, 1.82) is 0 Å². The largest absolute Gasteiger partial charge is 0.453 e. The van der Waals surface area contributed by atoms with Gasteiger partial charge in [-0.25, -0.2) is 4.79 Å². The van der Waals surface area contributed by atoms with Crippen molar-refractivity contribution in [2.24, 2.45) is 11.8 Å². The Balaban J connectivity index is 2.66. The van der Waals surface area contributed by atoms with Gasteiger partial charge in [-0.05, 0) is 11.8 Å². The van der Waals surface area contributed by atoms with Crippen LogP contribution in [-0.2, 0) is 4.74 Å². The van der Waals surface area contributed by atoms with E-state index in [9.17, 15) is 4.79 Å². The van der Waals surface area contributed by atoms with E-state index in [-0.39, 0.29) is 12.1 Å². The van der Waals surface area contributed by atoms with Crippen LogP contribution in [0.4, 0.5) is 4.79 Å². The maximum Gasteiger partial charge on any atom is 0.407 e. The number of carbonyl (C=O) groups is 1. The van der Waals surface area contributed by atoms with E-state index in [1.54, 1.807) is 0 Å². The highest BCUT2D eigenvalue weighted by Gasteiger charge is 2.31. The number of hydrogen-bond acceptors (Lipinski definition) is 2. The van der Waals surface area contributed by atoms with E-state index in [2.05, 4.69) is 58.6 Å². The minimum Gasteiger partial charge on any atom is -0.453 e. The number of ether oxygens (including phenoxy) is 1. The summed E-state index contributed by atoms with van der Waals surface area (Å²) < 4.78 is 5.03. The Morgan fingerprint density at radius 2 is 1.93 bits per heavy atom. The summed E-state index contributed by atoms with van der Waals surface area (Å²) in [6.45, 7) is 4.26. The summed E-state index contributed by atoms with van der Waals surface area (Å²) in [5.41, 5.74) is 0. The van der Waals surface area contributed by atoms with Crippen molar-refractivity contribution in [3.8, 4) is 0 Å². The standard InChI is InChI=1S/C10H16INO2/c1-6-4-5-7(2)9(8(6)11)12-10(13)14-3/h4-9H,1-3H3,(H,12,13)/t6-,7+,8-,9+/m0/s1. The summed E-state index contributed by atoms with van der Waals surface area (Å²) >= 11 is 2.39. The maximum atomic E-state index is 11.1. The lowest BCUT2D eigenvalue weighted by atomic mass is 9.86. The zero-order chi connectivity index (χ0) is 10.7. The Labute approximate surface area is 98.4 Å². The monoisotopic (exact) mass is 309 g/mol. The highest BCUT2D eigenvalue weighted by molar-refractivity contribution is 14.1. The van der Waals surface area contributed by atoms with Gasteiger partial charge in [0.25, 0.3) is 0 Å². The molecule has 0 radical (unpaired) electrons. The van der Waals surface area contributed by atoms with Crippen LogP contribution in [0.2, 0.25) is 0 Å². The Bertz CT molecular complexity index is 242. The molecule has 1 aliphatic carbocycles. The van der Waals surface area contributed by atoms with Gasteiger partial charge in [-0.2, -0.15) is 0 Å². The molecule has 0 unspecified atom stereocenters. The van der Waals surface area contributed by atoms with Crippen LogP contribution in [0.3, 0.4) is 0 Å². The van der Waals surface area contributed by atoms with Gasteiger partial charge in [0.1, 0.15) is 0 Å². The summed E-state index contributed by atoms with van der Waals surface area (Å²) in [5.74, 6) is 0.862. The first-order valence-corrected chi connectivity index (χ1v) is 5.97. The number of nitrogens with one attached hydrogen (secondary N) is 1. The second-order valence-electron chi connectivity index (χ2n) is 3.71. The van der Waals surface area contributed by atoms with Gasteiger partial charge >= 0.3 is 6.09 Å². The Hall–Kier alpha value is -0.260. The van der Waals surface area contributed by atoms with Gasteiger partial charge in [-0.15, -0.1) is 0 Å². The average molecular weight is 309 g/mol. The normalized spacial score (nSPS) is 36.6. The molecule has 4 heteroatoms. The molecule has 4 atom stereocenters. The number of amides is 1. The molecule has 0 aliphatic heterocycles. The molecule has 0 saturated heterocycles. The summed E-state index contributed by atoms with van der Waals surface area (Å²) in [5, 5.41) is 2.88. The van der Waals surface area contributed by atoms with Gasteiger partial charge in [0.2, 0.25) is 0 Å². The predicted molar refractivity (Wildman–Crippen MR) is 64.6 cm³/mol. The number of carbonyl (C=O) groups excluding carboxylic acids is 1. The molecule has 0 heterocycles. The number of rotatable bonds is 1. The van der Waals surface area contributed by atoms with Crippen LogP contribution in [0.15, 0.2) is 12.2 Å². The number of allylic oxidation sites excluding steroid dienone is 1. The SMILES string of the molecule is COC(=O)N[C@H]1[C@@H](I)[C@@H](C)C=C[C@H]1C. The van der Waals surface area contributed by atoms with Gasteiger partial charge in [0.05, 0.1) is 13.2 Å². The van der Waals surface area contributed by atoms with Gasteiger partial charge in [-0.3, -0.25) is 0 Å². The van der Waals surface area contributed by atoms with E-state index in [0.717, 1.165) is 0 Å². The zero-order valence-corrected chi connectivity index (χ0v) is 10.8. The number of hydrogen-bond donors (Lipinski definition) is 1. The highest BCUT2D eigenvalue weighted by Crippen LogP contribution is 2.28. The smallest absolute Gasteiger partial charge is 0.407 e. The first-order valence-electron chi connectivity index (χ1n) is 4.73. The Morgan fingerprint density at radius 3 is 2.50 bits per heavy atom. The molecule has 0 bridgehead atoms. The van der Waals surface area contributed by atoms with Crippen molar-refractivity contribution >= 4 is 28.7 Å². The van der Waals surface area contributed by atoms with Crippen molar-refractivity contribution in [3.05, 3.63) is 12.2 Å². The fraction of sp³-hybridized carbons (Fsp3) is 0.700. The van der Waals surface area contributed by atoms with Crippen LogP contribution in [0.1, 0.15) is 13.8 Å². The second kappa shape index (κ2) is 5.00. The molecular weight excluding hydrogens is 293 g/mol. The molecule has 0 saturated carbocycles. The van der Waals surface area contributed by atoms with Crippen LogP contribution >= 0.6 is 22.6 Å². The van der Waals surface area contributed by atoms with E-state index >= 15 is 0 Å². The number of alkyl halides is 1. The number of methoxy groups -OCH3 is 1. The molecule has 0 aromatic heterocycles. The molecule has 1 amide bonds. The molecule has 80 valence electrons. The zero-order valence-electron chi connectivity index (χ0n) is 8.66. The molecule has 1 N–H and O–H groups in total. The van der Waals surface area contributed by atoms with Crippen LogP contribution in [0.25, 0.3) is 0 Å². The lowest BCUT2D eigenvalue weighted by Gasteiger charge is -2.33. The number of alkyl carbamates (subject to hydrolysis) is 1. The third-order valence-corrected chi connectivity index (χ3v) is 4.51. The quantitative estimate of drug-likeness (QED) is 0.459. The highest BCUT2D eigenvalue weighted by atomic mass is 127. The first-order chi connectivity index (χ1) is 6.56. The molecule has 3 nitrogen and oxygen atoms in total. The van der Waals surface area contributed by atoms with Crippen molar-refractivity contribution < 1.29 is 9.53 Å².